The molecule has 3 rings (SSSR count). The molecular formula is C26H33ClN4. The second-order valence-electron chi connectivity index (χ2n) is 8.45. The molecule has 4 nitrogen and oxygen atoms in total. The molecule has 0 spiro atoms. The van der Waals surface area contributed by atoms with E-state index in [4.69, 9.17) is 16.6 Å². The first-order valence-corrected chi connectivity index (χ1v) is 11.4. The average molecular weight is 437 g/mol. The van der Waals surface area contributed by atoms with Gasteiger partial charge in [0, 0.05) is 42.7 Å². The Balaban J connectivity index is 1.76. The van der Waals surface area contributed by atoms with Crippen molar-refractivity contribution in [1.29, 1.82) is 0 Å². The molecule has 1 fully saturated rings. The van der Waals surface area contributed by atoms with Crippen molar-refractivity contribution in [3.8, 4) is 0 Å². The highest BCUT2D eigenvalue weighted by atomic mass is 35.5. The van der Waals surface area contributed by atoms with Gasteiger partial charge in [0.1, 0.15) is 0 Å². The second kappa shape index (κ2) is 10.6. The number of likely N-dealkylation sites (tertiary alicyclic amines) is 1. The summed E-state index contributed by atoms with van der Waals surface area (Å²) in [6.45, 7) is 12.5. The number of hydrogen-bond acceptors (Lipinski definition) is 3. The Bertz CT molecular complexity index is 1010. The van der Waals surface area contributed by atoms with Crippen LogP contribution in [0.1, 0.15) is 68.7 Å². The number of aromatic nitrogens is 2. The lowest BCUT2D eigenvalue weighted by atomic mass is 10.0. The summed E-state index contributed by atoms with van der Waals surface area (Å²) in [5.74, 6) is 0.493. The van der Waals surface area contributed by atoms with Crippen LogP contribution in [0.3, 0.4) is 0 Å². The lowest BCUT2D eigenvalue weighted by Gasteiger charge is -2.19. The molecule has 1 unspecified atom stereocenters. The van der Waals surface area contributed by atoms with Crippen molar-refractivity contribution in [2.45, 2.75) is 53.4 Å². The maximum absolute atomic E-state index is 6.66. The van der Waals surface area contributed by atoms with E-state index in [2.05, 4.69) is 80.1 Å². The summed E-state index contributed by atoms with van der Waals surface area (Å²) in [6, 6.07) is 6.51. The number of aryl methyl sites for hydroxylation is 1. The summed E-state index contributed by atoms with van der Waals surface area (Å²) in [4.78, 5) is 7.11. The standard InChI is InChI=1S/C26H33ClN4/c1-6-7-26(22-9-8-21(12-18(2)3)19(4)13-22)28-16-25(27)20(5)31-11-10-23(17-31)24-14-29-30-15-24/h7-9,12-16,23H,6,10-11,17H2,1-5H3,(H,29,30)/b25-20-,26-7+,28-16-. The van der Waals surface area contributed by atoms with Crippen molar-refractivity contribution in [2.24, 2.45) is 4.99 Å². The number of H-pyrrole nitrogens is 1. The van der Waals surface area contributed by atoms with Gasteiger partial charge in [0.25, 0.3) is 0 Å². The number of hydrogen-bond donors (Lipinski definition) is 1. The number of allylic oxidation sites excluding steroid dienone is 4. The van der Waals surface area contributed by atoms with Crippen LogP contribution in [0.4, 0.5) is 0 Å². The van der Waals surface area contributed by atoms with Crippen molar-refractivity contribution in [3.63, 3.8) is 0 Å². The van der Waals surface area contributed by atoms with Gasteiger partial charge in [0.15, 0.2) is 0 Å². The molecule has 0 amide bonds. The highest BCUT2D eigenvalue weighted by Crippen LogP contribution is 2.30. The number of halogens is 1. The highest BCUT2D eigenvalue weighted by molar-refractivity contribution is 6.39. The second-order valence-corrected chi connectivity index (χ2v) is 8.85. The van der Waals surface area contributed by atoms with E-state index in [9.17, 15) is 0 Å². The maximum atomic E-state index is 6.66. The van der Waals surface area contributed by atoms with E-state index >= 15 is 0 Å². The van der Waals surface area contributed by atoms with Gasteiger partial charge < -0.3 is 4.90 Å². The Kier molecular flexibility index (Phi) is 7.91. The highest BCUT2D eigenvalue weighted by Gasteiger charge is 2.25. The SMILES string of the molecule is CC/C=C(/N=C\C(Cl)=C(/C)N1CCC(c2cn[nH]c2)C1)c1ccc(C=C(C)C)c(C)c1. The number of nitrogens with zero attached hydrogens (tertiary/aromatic N) is 3. The smallest absolute Gasteiger partial charge is 0.0777 e. The molecule has 2 aromatic rings. The molecule has 1 saturated heterocycles. The van der Waals surface area contributed by atoms with Crippen molar-refractivity contribution in [3.05, 3.63) is 75.2 Å². The maximum Gasteiger partial charge on any atom is 0.0777 e. The quantitative estimate of drug-likeness (QED) is 0.478. The van der Waals surface area contributed by atoms with Crippen LogP contribution in [0.2, 0.25) is 0 Å². The van der Waals surface area contributed by atoms with Gasteiger partial charge in [-0.25, -0.2) is 0 Å². The zero-order valence-electron chi connectivity index (χ0n) is 19.2. The van der Waals surface area contributed by atoms with Gasteiger partial charge in [-0.2, -0.15) is 5.10 Å². The van der Waals surface area contributed by atoms with E-state index < -0.39 is 0 Å². The fourth-order valence-corrected chi connectivity index (χ4v) is 4.11. The number of nitrogens with one attached hydrogen (secondary N) is 1. The largest absolute Gasteiger partial charge is 0.373 e. The number of benzene rings is 1. The van der Waals surface area contributed by atoms with E-state index in [1.807, 2.05) is 12.4 Å². The van der Waals surface area contributed by atoms with Gasteiger partial charge in [0.05, 0.1) is 16.9 Å². The number of rotatable bonds is 7. The van der Waals surface area contributed by atoms with Gasteiger partial charge in [0.2, 0.25) is 0 Å². The number of aliphatic imine (C=N–C) groups is 1. The van der Waals surface area contributed by atoms with Gasteiger partial charge in [-0.3, -0.25) is 10.1 Å². The van der Waals surface area contributed by atoms with E-state index in [0.29, 0.717) is 11.0 Å². The molecule has 0 radical (unpaired) electrons. The molecule has 1 aromatic heterocycles. The van der Waals surface area contributed by atoms with Gasteiger partial charge in [-0.1, -0.05) is 48.4 Å². The Labute approximate surface area is 191 Å². The molecule has 164 valence electrons. The van der Waals surface area contributed by atoms with Crippen molar-refractivity contribution >= 4 is 29.6 Å². The van der Waals surface area contributed by atoms with Crippen LogP contribution in [0.25, 0.3) is 11.8 Å². The molecule has 0 saturated carbocycles. The molecule has 1 aliphatic heterocycles. The molecule has 1 aromatic carbocycles. The van der Waals surface area contributed by atoms with Crippen molar-refractivity contribution in [1.82, 2.24) is 15.1 Å². The Hall–Kier alpha value is -2.59. The normalized spacial score (nSPS) is 17.9. The minimum absolute atomic E-state index is 0.493. The zero-order chi connectivity index (χ0) is 22.4. The lowest BCUT2D eigenvalue weighted by molar-refractivity contribution is 0.421. The summed E-state index contributed by atoms with van der Waals surface area (Å²) >= 11 is 6.66. The number of aromatic amines is 1. The average Bonchev–Trinajstić information content (AvgIpc) is 3.43. The molecule has 5 heteroatoms. The minimum Gasteiger partial charge on any atom is -0.373 e. The Morgan fingerprint density at radius 2 is 2.13 bits per heavy atom. The molecule has 0 bridgehead atoms. The molecule has 0 aliphatic carbocycles. The van der Waals surface area contributed by atoms with E-state index in [-0.39, 0.29) is 0 Å². The zero-order valence-corrected chi connectivity index (χ0v) is 20.0. The van der Waals surface area contributed by atoms with Crippen LogP contribution in [0.15, 0.2) is 58.0 Å². The van der Waals surface area contributed by atoms with Crippen LogP contribution in [-0.2, 0) is 0 Å². The first-order chi connectivity index (χ1) is 14.9. The lowest BCUT2D eigenvalue weighted by Crippen LogP contribution is -2.19. The molecule has 1 N–H and O–H groups in total. The predicted octanol–water partition coefficient (Wildman–Crippen LogP) is 6.92. The molecular weight excluding hydrogens is 404 g/mol. The van der Waals surface area contributed by atoms with Crippen molar-refractivity contribution in [2.75, 3.05) is 13.1 Å². The van der Waals surface area contributed by atoms with Crippen LogP contribution in [0, 0.1) is 6.92 Å². The van der Waals surface area contributed by atoms with Crippen LogP contribution in [0.5, 0.6) is 0 Å². The van der Waals surface area contributed by atoms with Gasteiger partial charge in [-0.05, 0) is 63.3 Å². The third-order valence-electron chi connectivity index (χ3n) is 5.72. The van der Waals surface area contributed by atoms with Gasteiger partial charge >= 0.3 is 0 Å². The van der Waals surface area contributed by atoms with E-state index in [0.717, 1.165) is 42.9 Å². The summed E-state index contributed by atoms with van der Waals surface area (Å²) in [7, 11) is 0. The summed E-state index contributed by atoms with van der Waals surface area (Å²) in [6.07, 6.45) is 12.1. The third-order valence-corrected chi connectivity index (χ3v) is 6.09. The summed E-state index contributed by atoms with van der Waals surface area (Å²) in [5, 5.41) is 7.68. The van der Waals surface area contributed by atoms with Crippen LogP contribution in [-0.4, -0.2) is 34.4 Å². The monoisotopic (exact) mass is 436 g/mol. The fraction of sp³-hybridized carbons (Fsp3) is 0.385. The van der Waals surface area contributed by atoms with Crippen molar-refractivity contribution < 1.29 is 0 Å². The Morgan fingerprint density at radius 3 is 2.77 bits per heavy atom. The minimum atomic E-state index is 0.493. The van der Waals surface area contributed by atoms with Crippen LogP contribution >= 0.6 is 11.6 Å². The fourth-order valence-electron chi connectivity index (χ4n) is 3.94. The first kappa shape index (κ1) is 23.1. The van der Waals surface area contributed by atoms with Gasteiger partial charge in [-0.15, -0.1) is 0 Å². The molecule has 31 heavy (non-hydrogen) atoms. The van der Waals surface area contributed by atoms with E-state index in [1.165, 1.54) is 22.3 Å². The van der Waals surface area contributed by atoms with E-state index in [1.54, 1.807) is 6.21 Å². The molecule has 2 heterocycles. The summed E-state index contributed by atoms with van der Waals surface area (Å²) < 4.78 is 0. The topological polar surface area (TPSA) is 44.3 Å². The predicted molar refractivity (Wildman–Crippen MR) is 133 cm³/mol. The van der Waals surface area contributed by atoms with Crippen LogP contribution < -0.4 is 0 Å². The molecule has 1 aliphatic rings. The summed E-state index contributed by atoms with van der Waals surface area (Å²) in [5.41, 5.74) is 8.20. The third kappa shape index (κ3) is 5.98. The Morgan fingerprint density at radius 1 is 1.32 bits per heavy atom. The first-order valence-electron chi connectivity index (χ1n) is 11.0. The molecule has 1 atom stereocenters.